The van der Waals surface area contributed by atoms with E-state index in [4.69, 9.17) is 4.74 Å². The maximum absolute atomic E-state index is 12.7. The van der Waals surface area contributed by atoms with E-state index in [9.17, 15) is 9.59 Å². The molecule has 0 N–H and O–H groups in total. The van der Waals surface area contributed by atoms with Crippen molar-refractivity contribution in [2.45, 2.75) is 6.42 Å². The van der Waals surface area contributed by atoms with Gasteiger partial charge in [0.05, 0.1) is 18.4 Å². The third kappa shape index (κ3) is 1.53. The van der Waals surface area contributed by atoms with Crippen LogP contribution in [0.15, 0.2) is 64.0 Å². The van der Waals surface area contributed by atoms with E-state index in [1.807, 2.05) is 6.08 Å². The van der Waals surface area contributed by atoms with E-state index in [-0.39, 0.29) is 17.3 Å². The number of fused-ring (bicyclic) bond motifs is 3. The van der Waals surface area contributed by atoms with E-state index in [0.717, 1.165) is 11.3 Å². The van der Waals surface area contributed by atoms with E-state index in [0.29, 0.717) is 28.8 Å². The van der Waals surface area contributed by atoms with Gasteiger partial charge in [0.2, 0.25) is 5.78 Å². The summed E-state index contributed by atoms with van der Waals surface area (Å²) in [5, 5.41) is 0. The normalized spacial score (nSPS) is 19.4. The van der Waals surface area contributed by atoms with Crippen molar-refractivity contribution < 1.29 is 14.3 Å². The molecule has 21 heavy (non-hydrogen) atoms. The number of allylic oxidation sites excluding steroid dienone is 5. The quantitative estimate of drug-likeness (QED) is 0.793. The van der Waals surface area contributed by atoms with Crippen LogP contribution in [0.5, 0.6) is 0 Å². The first-order valence-corrected chi connectivity index (χ1v) is 6.66. The van der Waals surface area contributed by atoms with Crippen LogP contribution in [0, 0.1) is 0 Å². The minimum Gasteiger partial charge on any atom is -0.501 e. The van der Waals surface area contributed by atoms with Crippen LogP contribution in [0.3, 0.4) is 0 Å². The lowest BCUT2D eigenvalue weighted by Crippen LogP contribution is -2.29. The number of ketones is 2. The first kappa shape index (κ1) is 12.0. The lowest BCUT2D eigenvalue weighted by molar-refractivity contribution is 0.0997. The molecule has 1 aromatic rings. The summed E-state index contributed by atoms with van der Waals surface area (Å²) < 4.78 is 5.25. The summed E-state index contributed by atoms with van der Waals surface area (Å²) in [5.74, 6) is 0.457. The molecule has 1 heterocycles. The molecule has 0 saturated carbocycles. The van der Waals surface area contributed by atoms with E-state index >= 15 is 0 Å². The molecule has 0 saturated heterocycles. The number of carbonyl (C=O) groups is 2. The van der Waals surface area contributed by atoms with Gasteiger partial charge in [-0.05, 0) is 17.7 Å². The zero-order valence-electron chi connectivity index (χ0n) is 11.3. The smallest absolute Gasteiger partial charge is 0.212 e. The third-order valence-electron chi connectivity index (χ3n) is 3.98. The maximum atomic E-state index is 12.7. The predicted octanol–water partition coefficient (Wildman–Crippen LogP) is 2.63. The van der Waals surface area contributed by atoms with Crippen LogP contribution >= 0.6 is 0 Å². The van der Waals surface area contributed by atoms with Crippen molar-refractivity contribution in [3.63, 3.8) is 0 Å². The van der Waals surface area contributed by atoms with Crippen LogP contribution < -0.4 is 0 Å². The second-order valence-corrected chi connectivity index (χ2v) is 5.08. The van der Waals surface area contributed by atoms with E-state index in [1.54, 1.807) is 37.5 Å². The number of hydrogen-bond donors (Lipinski definition) is 0. The zero-order chi connectivity index (χ0) is 14.6. The second-order valence-electron chi connectivity index (χ2n) is 5.08. The van der Waals surface area contributed by atoms with Crippen molar-refractivity contribution in [2.24, 2.45) is 4.99 Å². The molecule has 4 rings (SSSR count). The van der Waals surface area contributed by atoms with Gasteiger partial charge < -0.3 is 4.74 Å². The van der Waals surface area contributed by atoms with Crippen molar-refractivity contribution in [1.82, 2.24) is 0 Å². The summed E-state index contributed by atoms with van der Waals surface area (Å²) in [4.78, 5) is 29.6. The number of aliphatic imine (C=N–C) groups is 1. The highest BCUT2D eigenvalue weighted by Crippen LogP contribution is 2.38. The van der Waals surface area contributed by atoms with Gasteiger partial charge in [-0.1, -0.05) is 24.3 Å². The lowest BCUT2D eigenvalue weighted by Gasteiger charge is -2.17. The fourth-order valence-corrected chi connectivity index (χ4v) is 2.93. The van der Waals surface area contributed by atoms with Crippen LogP contribution in [-0.2, 0) is 4.74 Å². The Balaban J connectivity index is 1.95. The van der Waals surface area contributed by atoms with Gasteiger partial charge in [-0.25, -0.2) is 4.99 Å². The number of carbonyl (C=O) groups excluding carboxylic acids is 2. The van der Waals surface area contributed by atoms with Crippen molar-refractivity contribution in [1.29, 1.82) is 0 Å². The van der Waals surface area contributed by atoms with Crippen molar-refractivity contribution in [3.05, 3.63) is 70.1 Å². The van der Waals surface area contributed by atoms with Crippen molar-refractivity contribution in [2.75, 3.05) is 7.11 Å². The summed E-state index contributed by atoms with van der Waals surface area (Å²) in [7, 11) is 1.59. The molecule has 1 aliphatic heterocycles. The van der Waals surface area contributed by atoms with E-state index in [1.165, 1.54) is 0 Å². The average Bonchev–Trinajstić information content (AvgIpc) is 2.91. The van der Waals surface area contributed by atoms with Gasteiger partial charge in [0, 0.05) is 17.5 Å². The molecule has 2 aliphatic carbocycles. The minimum absolute atomic E-state index is 0.125. The van der Waals surface area contributed by atoms with Gasteiger partial charge in [-0.2, -0.15) is 0 Å². The molecule has 1 aromatic carbocycles. The molecule has 102 valence electrons. The minimum atomic E-state index is -0.179. The number of benzene rings is 1. The highest BCUT2D eigenvalue weighted by atomic mass is 16.5. The Kier molecular flexibility index (Phi) is 2.36. The largest absolute Gasteiger partial charge is 0.501 e. The number of hydrogen-bond acceptors (Lipinski definition) is 4. The standard InChI is InChI=1S/C17H11NO3/c1-21-9-6-7-13-12(8-9)14-15(18-13)17(20)11-5-3-2-4-10(11)16(14)19/h2-7H,8H2,1H3. The first-order chi connectivity index (χ1) is 10.2. The molecule has 0 amide bonds. The Morgan fingerprint density at radius 3 is 2.48 bits per heavy atom. The summed E-state index contributed by atoms with van der Waals surface area (Å²) in [5.41, 5.74) is 3.08. The number of methoxy groups -OCH3 is 1. The fourth-order valence-electron chi connectivity index (χ4n) is 2.93. The number of nitrogens with zero attached hydrogens (tertiary/aromatic N) is 1. The zero-order valence-corrected chi connectivity index (χ0v) is 11.3. The molecule has 4 nitrogen and oxygen atoms in total. The predicted molar refractivity (Wildman–Crippen MR) is 77.4 cm³/mol. The van der Waals surface area contributed by atoms with Crippen molar-refractivity contribution >= 4 is 17.3 Å². The van der Waals surface area contributed by atoms with Gasteiger partial charge in [-0.3, -0.25) is 9.59 Å². The molecule has 0 bridgehead atoms. The molecule has 0 fully saturated rings. The average molecular weight is 277 g/mol. The Bertz CT molecular complexity index is 837. The number of ether oxygens (including phenoxy) is 1. The monoisotopic (exact) mass is 277 g/mol. The molecule has 0 spiro atoms. The molecule has 4 heteroatoms. The summed E-state index contributed by atoms with van der Waals surface area (Å²) >= 11 is 0. The van der Waals surface area contributed by atoms with Crippen LogP contribution in [-0.4, -0.2) is 24.4 Å². The van der Waals surface area contributed by atoms with Gasteiger partial charge >= 0.3 is 0 Å². The lowest BCUT2D eigenvalue weighted by atomic mass is 9.82. The number of Topliss-reactive ketones (excluding diaryl/α,β-unsaturated/α-hetero) is 2. The Morgan fingerprint density at radius 2 is 1.76 bits per heavy atom. The molecule has 0 radical (unpaired) electrons. The van der Waals surface area contributed by atoms with Gasteiger partial charge in [0.15, 0.2) is 5.78 Å². The van der Waals surface area contributed by atoms with Gasteiger partial charge in [0.25, 0.3) is 0 Å². The Morgan fingerprint density at radius 1 is 1.05 bits per heavy atom. The highest BCUT2D eigenvalue weighted by molar-refractivity contribution is 6.62. The third-order valence-corrected chi connectivity index (χ3v) is 3.98. The van der Waals surface area contributed by atoms with Gasteiger partial charge in [0.1, 0.15) is 11.5 Å². The molecule has 3 aliphatic rings. The SMILES string of the molecule is COC1=CC=C2N=C3C(=O)c4ccccc4C(=O)C3=C2C1. The summed E-state index contributed by atoms with van der Waals surface area (Å²) in [6.45, 7) is 0. The molecule has 0 atom stereocenters. The molecular weight excluding hydrogens is 266 g/mol. The fraction of sp³-hybridized carbons (Fsp3) is 0.118. The first-order valence-electron chi connectivity index (χ1n) is 6.66. The maximum Gasteiger partial charge on any atom is 0.212 e. The Labute approximate surface area is 121 Å². The topological polar surface area (TPSA) is 55.7 Å². The molecule has 0 unspecified atom stereocenters. The summed E-state index contributed by atoms with van der Waals surface area (Å²) in [6, 6.07) is 6.89. The van der Waals surface area contributed by atoms with Gasteiger partial charge in [-0.15, -0.1) is 0 Å². The summed E-state index contributed by atoms with van der Waals surface area (Å²) in [6.07, 6.45) is 4.11. The van der Waals surface area contributed by atoms with E-state index < -0.39 is 0 Å². The number of rotatable bonds is 1. The molecular formula is C17H11NO3. The second kappa shape index (κ2) is 4.12. The van der Waals surface area contributed by atoms with Crippen LogP contribution in [0.1, 0.15) is 27.1 Å². The van der Waals surface area contributed by atoms with Crippen LogP contribution in [0.25, 0.3) is 0 Å². The Hall–Kier alpha value is -2.75. The van der Waals surface area contributed by atoms with Crippen molar-refractivity contribution in [3.8, 4) is 0 Å². The highest BCUT2D eigenvalue weighted by Gasteiger charge is 2.40. The van der Waals surface area contributed by atoms with Crippen LogP contribution in [0.4, 0.5) is 0 Å². The van der Waals surface area contributed by atoms with Crippen LogP contribution in [0.2, 0.25) is 0 Å². The molecule has 0 aromatic heterocycles. The van der Waals surface area contributed by atoms with E-state index in [2.05, 4.69) is 4.99 Å².